The number of aryl methyl sites for hydroxylation is 1. The number of halogens is 3. The third-order valence-electron chi connectivity index (χ3n) is 2.95. The smallest absolute Gasteiger partial charge is 0.337 e. The summed E-state index contributed by atoms with van der Waals surface area (Å²) in [6, 6.07) is 7.29. The number of nitrogens with zero attached hydrogens (tertiary/aromatic N) is 2. The van der Waals surface area contributed by atoms with Crippen molar-refractivity contribution in [2.24, 2.45) is 0 Å². The molecule has 0 aliphatic carbocycles. The van der Waals surface area contributed by atoms with E-state index in [1.807, 2.05) is 0 Å². The summed E-state index contributed by atoms with van der Waals surface area (Å²) in [5.74, 6) is 5.55. The lowest BCUT2D eigenvalue weighted by Gasteiger charge is -2.14. The highest BCUT2D eigenvalue weighted by Crippen LogP contribution is 2.36. The number of rotatable bonds is 1. The molecule has 7 heteroatoms. The summed E-state index contributed by atoms with van der Waals surface area (Å²) >= 11 is 0. The highest BCUT2D eigenvalue weighted by Gasteiger charge is 2.36. The van der Waals surface area contributed by atoms with Crippen LogP contribution in [-0.2, 0) is 6.18 Å². The summed E-state index contributed by atoms with van der Waals surface area (Å²) in [6.45, 7) is 8.53. The average Bonchev–Trinajstić information content (AvgIpc) is 2.40. The number of pyridine rings is 1. The molecular formula is C14H10F3N3O. The van der Waals surface area contributed by atoms with Crippen molar-refractivity contribution in [3.05, 3.63) is 63.2 Å². The molecule has 0 aliphatic rings. The highest BCUT2D eigenvalue weighted by atomic mass is 19.4. The van der Waals surface area contributed by atoms with E-state index < -0.39 is 23.0 Å². The largest absolute Gasteiger partial charge is 0.407 e. The zero-order valence-corrected chi connectivity index (χ0v) is 10.9. The van der Waals surface area contributed by atoms with Crippen molar-refractivity contribution in [3.8, 4) is 11.3 Å². The second-order valence-corrected chi connectivity index (χ2v) is 4.45. The number of hydrogen-bond acceptors (Lipinski definition) is 2. The first-order valence-corrected chi connectivity index (χ1v) is 5.82. The van der Waals surface area contributed by atoms with Crippen LogP contribution in [-0.4, -0.2) is 4.68 Å². The van der Waals surface area contributed by atoms with Gasteiger partial charge in [0.1, 0.15) is 0 Å². The van der Waals surface area contributed by atoms with Crippen molar-refractivity contribution in [1.82, 2.24) is 4.68 Å². The van der Waals surface area contributed by atoms with Crippen LogP contribution in [0.5, 0.6) is 0 Å². The van der Waals surface area contributed by atoms with Crippen molar-refractivity contribution in [3.63, 3.8) is 0 Å². The maximum Gasteiger partial charge on any atom is 0.407 e. The van der Waals surface area contributed by atoms with Crippen LogP contribution in [0.15, 0.2) is 35.1 Å². The van der Waals surface area contributed by atoms with Crippen LogP contribution in [0.2, 0.25) is 0 Å². The Balaban J connectivity index is 2.84. The van der Waals surface area contributed by atoms with E-state index in [9.17, 15) is 18.0 Å². The van der Waals surface area contributed by atoms with E-state index in [-0.39, 0.29) is 5.69 Å². The molecule has 0 bridgehead atoms. The normalized spacial score (nSPS) is 11.2. The molecule has 0 aliphatic heterocycles. The second-order valence-electron chi connectivity index (χ2n) is 4.45. The molecule has 0 saturated carbocycles. The van der Waals surface area contributed by atoms with Crippen LogP contribution >= 0.6 is 0 Å². The molecule has 1 aromatic carbocycles. The van der Waals surface area contributed by atoms with Crippen molar-refractivity contribution in [2.75, 3.05) is 5.84 Å². The summed E-state index contributed by atoms with van der Waals surface area (Å²) in [4.78, 5) is 14.5. The van der Waals surface area contributed by atoms with Gasteiger partial charge in [-0.15, -0.1) is 0 Å². The lowest BCUT2D eigenvalue weighted by molar-refractivity contribution is -0.136. The first kappa shape index (κ1) is 14.7. The van der Waals surface area contributed by atoms with E-state index in [2.05, 4.69) is 4.85 Å². The molecule has 0 atom stereocenters. The molecule has 2 rings (SSSR count). The third-order valence-corrected chi connectivity index (χ3v) is 2.95. The van der Waals surface area contributed by atoms with Gasteiger partial charge < -0.3 is 5.84 Å². The van der Waals surface area contributed by atoms with Crippen LogP contribution in [0.1, 0.15) is 11.1 Å². The number of alkyl halides is 3. The molecule has 4 nitrogen and oxygen atoms in total. The quantitative estimate of drug-likeness (QED) is 0.649. The Kier molecular flexibility index (Phi) is 3.47. The number of hydrogen-bond donors (Lipinski definition) is 1. The first-order chi connectivity index (χ1) is 9.75. The maximum atomic E-state index is 13.0. The zero-order chi connectivity index (χ0) is 15.8. The van der Waals surface area contributed by atoms with E-state index in [0.717, 1.165) is 11.6 Å². The summed E-state index contributed by atoms with van der Waals surface area (Å²) in [7, 11) is 0. The fourth-order valence-corrected chi connectivity index (χ4v) is 1.96. The van der Waals surface area contributed by atoms with Crippen LogP contribution in [0.4, 0.5) is 18.9 Å². The molecule has 0 radical (unpaired) electrons. The Morgan fingerprint density at radius 1 is 1.29 bits per heavy atom. The maximum absolute atomic E-state index is 13.0. The Morgan fingerprint density at radius 3 is 2.48 bits per heavy atom. The number of aromatic nitrogens is 1. The lowest BCUT2D eigenvalue weighted by atomic mass is 10.1. The fourth-order valence-electron chi connectivity index (χ4n) is 1.96. The van der Waals surface area contributed by atoms with Gasteiger partial charge in [0.25, 0.3) is 11.2 Å². The minimum absolute atomic E-state index is 0.0941. The van der Waals surface area contributed by atoms with Crippen LogP contribution in [0.3, 0.4) is 0 Å². The minimum atomic E-state index is -4.80. The zero-order valence-electron chi connectivity index (χ0n) is 10.9. The van der Waals surface area contributed by atoms with Crippen LogP contribution < -0.4 is 11.4 Å². The lowest BCUT2D eigenvalue weighted by Crippen LogP contribution is -2.30. The van der Waals surface area contributed by atoms with Crippen LogP contribution in [0, 0.1) is 13.5 Å². The SMILES string of the molecule is [C-]#[N+]c1c(C(F)(F)F)cc(-c2cccc(C)c2)n(N)c1=O. The van der Waals surface area contributed by atoms with Gasteiger partial charge in [-0.1, -0.05) is 23.8 Å². The number of nitrogens with two attached hydrogens (primary N) is 1. The predicted molar refractivity (Wildman–Crippen MR) is 72.3 cm³/mol. The molecule has 21 heavy (non-hydrogen) atoms. The van der Waals surface area contributed by atoms with E-state index >= 15 is 0 Å². The Bertz CT molecular complexity index is 801. The Labute approximate surface area is 118 Å². The molecular weight excluding hydrogens is 283 g/mol. The van der Waals surface area contributed by atoms with E-state index in [1.165, 1.54) is 0 Å². The summed E-state index contributed by atoms with van der Waals surface area (Å²) in [5, 5.41) is 0. The molecule has 0 amide bonds. The second kappa shape index (κ2) is 4.98. The standard InChI is InChI=1S/C14H10F3N3O/c1-8-4-3-5-9(6-8)11-7-10(14(15,16)17)12(19-2)13(21)20(11)18/h3-7H,18H2,1H3. The molecule has 1 aromatic heterocycles. The molecule has 0 spiro atoms. The summed E-state index contributed by atoms with van der Waals surface area (Å²) in [6.07, 6.45) is -4.80. The van der Waals surface area contributed by atoms with Crippen molar-refractivity contribution in [1.29, 1.82) is 0 Å². The minimum Gasteiger partial charge on any atom is -0.337 e. The third kappa shape index (κ3) is 2.60. The van der Waals surface area contributed by atoms with Gasteiger partial charge in [-0.05, 0) is 19.1 Å². The molecule has 0 unspecified atom stereocenters. The first-order valence-electron chi connectivity index (χ1n) is 5.82. The van der Waals surface area contributed by atoms with E-state index in [4.69, 9.17) is 12.4 Å². The summed E-state index contributed by atoms with van der Waals surface area (Å²) < 4.78 is 39.5. The van der Waals surface area contributed by atoms with Crippen molar-refractivity contribution in [2.45, 2.75) is 13.1 Å². The van der Waals surface area contributed by atoms with Crippen LogP contribution in [0.25, 0.3) is 16.1 Å². The van der Waals surface area contributed by atoms with Gasteiger partial charge >= 0.3 is 6.18 Å². The molecule has 0 saturated heterocycles. The Hall–Kier alpha value is -2.75. The monoisotopic (exact) mass is 293 g/mol. The summed E-state index contributed by atoms with van der Waals surface area (Å²) in [5.41, 5.74) is -2.39. The molecule has 0 fully saturated rings. The molecule has 108 valence electrons. The van der Waals surface area contributed by atoms with Gasteiger partial charge in [0.2, 0.25) is 0 Å². The predicted octanol–water partition coefficient (Wildman–Crippen LogP) is 3.11. The van der Waals surface area contributed by atoms with E-state index in [0.29, 0.717) is 10.2 Å². The van der Waals surface area contributed by atoms with Gasteiger partial charge in [0, 0.05) is 5.56 Å². The van der Waals surface area contributed by atoms with Gasteiger partial charge in [-0.2, -0.15) is 13.2 Å². The van der Waals surface area contributed by atoms with Gasteiger partial charge in [-0.25, -0.2) is 9.52 Å². The molecule has 2 aromatic rings. The number of benzene rings is 1. The van der Waals surface area contributed by atoms with E-state index in [1.54, 1.807) is 31.2 Å². The highest BCUT2D eigenvalue weighted by molar-refractivity contribution is 5.66. The fraction of sp³-hybridized carbons (Fsp3) is 0.143. The average molecular weight is 293 g/mol. The van der Waals surface area contributed by atoms with Crippen molar-refractivity contribution < 1.29 is 13.2 Å². The molecule has 1 heterocycles. The van der Waals surface area contributed by atoms with Crippen molar-refractivity contribution >= 4 is 5.69 Å². The van der Waals surface area contributed by atoms with Gasteiger partial charge in [-0.3, -0.25) is 4.79 Å². The Morgan fingerprint density at radius 2 is 1.95 bits per heavy atom. The topological polar surface area (TPSA) is 52.4 Å². The molecule has 2 N–H and O–H groups in total. The number of nitrogen functional groups attached to an aromatic ring is 1. The van der Waals surface area contributed by atoms with Gasteiger partial charge in [0.15, 0.2) is 0 Å². The van der Waals surface area contributed by atoms with Gasteiger partial charge in [0.05, 0.1) is 17.8 Å².